The highest BCUT2D eigenvalue weighted by Gasteiger charge is 1.91. The Kier molecular flexibility index (Phi) is 9.46. The van der Waals surface area contributed by atoms with Gasteiger partial charge in [0.25, 0.3) is 0 Å². The van der Waals surface area contributed by atoms with Gasteiger partial charge in [0.1, 0.15) is 0 Å². The molecule has 0 bridgehead atoms. The van der Waals surface area contributed by atoms with Crippen LogP contribution in [0.3, 0.4) is 0 Å². The first kappa shape index (κ1) is 15.9. The summed E-state index contributed by atoms with van der Waals surface area (Å²) in [5, 5.41) is 8.63. The van der Waals surface area contributed by atoms with Crippen molar-refractivity contribution in [1.82, 2.24) is 0 Å². The highest BCUT2D eigenvalue weighted by molar-refractivity contribution is 5.15. The molecule has 96 valence electrons. The third kappa shape index (κ3) is 11.2. The van der Waals surface area contributed by atoms with Crippen molar-refractivity contribution < 1.29 is 5.11 Å². The molecule has 0 heterocycles. The van der Waals surface area contributed by atoms with E-state index in [2.05, 4.69) is 39.5 Å². The molecule has 0 aromatic heterocycles. The van der Waals surface area contributed by atoms with Crippen molar-refractivity contribution in [2.24, 2.45) is 0 Å². The van der Waals surface area contributed by atoms with Crippen molar-refractivity contribution in [2.75, 3.05) is 6.61 Å². The smallest absolute Gasteiger partial charge is 0.0615 e. The van der Waals surface area contributed by atoms with Crippen LogP contribution in [-0.2, 0) is 0 Å². The number of hydrogen-bond donors (Lipinski definition) is 1. The van der Waals surface area contributed by atoms with E-state index in [0.717, 1.165) is 31.3 Å². The predicted octanol–water partition coefficient (Wildman–Crippen LogP) is 4.56. The van der Waals surface area contributed by atoms with Crippen LogP contribution in [0.1, 0.15) is 46.5 Å². The Balaban J connectivity index is 3.80. The zero-order valence-electron chi connectivity index (χ0n) is 11.5. The summed E-state index contributed by atoms with van der Waals surface area (Å²) in [5.74, 6) is 0. The highest BCUT2D eigenvalue weighted by atomic mass is 16.2. The maximum Gasteiger partial charge on any atom is 0.0615 e. The van der Waals surface area contributed by atoms with Crippen LogP contribution in [0.2, 0.25) is 0 Å². The second-order valence-electron chi connectivity index (χ2n) is 4.65. The van der Waals surface area contributed by atoms with Gasteiger partial charge in [0.05, 0.1) is 6.61 Å². The molecule has 0 radical (unpaired) electrons. The summed E-state index contributed by atoms with van der Waals surface area (Å²) in [6.07, 6.45) is 12.5. The average molecular weight is 234 g/mol. The van der Waals surface area contributed by atoms with E-state index in [1.165, 1.54) is 11.1 Å². The van der Waals surface area contributed by atoms with Gasteiger partial charge in [-0.25, -0.2) is 0 Å². The lowest BCUT2D eigenvalue weighted by Gasteiger charge is -2.00. The summed E-state index contributed by atoms with van der Waals surface area (Å²) in [7, 11) is 0. The third-order valence-electron chi connectivity index (χ3n) is 2.51. The van der Waals surface area contributed by atoms with Crippen molar-refractivity contribution >= 4 is 0 Å². The van der Waals surface area contributed by atoms with Crippen LogP contribution in [0.4, 0.5) is 0 Å². The SMILES string of the molecule is C=C(C=CCO)CCC=C(C)CCC=C(C)C. The predicted molar refractivity (Wildman–Crippen MR) is 77.0 cm³/mol. The second-order valence-corrected chi connectivity index (χ2v) is 4.65. The van der Waals surface area contributed by atoms with E-state index in [1.807, 2.05) is 6.08 Å². The van der Waals surface area contributed by atoms with Gasteiger partial charge in [0, 0.05) is 0 Å². The minimum Gasteiger partial charge on any atom is -0.392 e. The number of allylic oxidation sites excluding steroid dienone is 6. The Bertz CT molecular complexity index is 301. The molecular weight excluding hydrogens is 208 g/mol. The number of hydrogen-bond acceptors (Lipinski definition) is 1. The second kappa shape index (κ2) is 10.1. The Labute approximate surface area is 106 Å². The highest BCUT2D eigenvalue weighted by Crippen LogP contribution is 2.11. The van der Waals surface area contributed by atoms with Crippen molar-refractivity contribution in [2.45, 2.75) is 46.5 Å². The van der Waals surface area contributed by atoms with Crippen molar-refractivity contribution in [3.05, 3.63) is 47.6 Å². The molecule has 0 aliphatic heterocycles. The summed E-state index contributed by atoms with van der Waals surface area (Å²) < 4.78 is 0. The third-order valence-corrected chi connectivity index (χ3v) is 2.51. The first-order valence-electron chi connectivity index (χ1n) is 6.30. The van der Waals surface area contributed by atoms with Gasteiger partial charge in [0.2, 0.25) is 0 Å². The topological polar surface area (TPSA) is 20.2 Å². The van der Waals surface area contributed by atoms with Crippen LogP contribution >= 0.6 is 0 Å². The van der Waals surface area contributed by atoms with E-state index in [-0.39, 0.29) is 6.61 Å². The van der Waals surface area contributed by atoms with Gasteiger partial charge in [-0.1, -0.05) is 47.6 Å². The first-order valence-corrected chi connectivity index (χ1v) is 6.30. The zero-order valence-corrected chi connectivity index (χ0v) is 11.5. The molecule has 1 N–H and O–H groups in total. The zero-order chi connectivity index (χ0) is 13.1. The molecule has 0 unspecified atom stereocenters. The molecule has 0 spiro atoms. The molecule has 0 fully saturated rings. The average Bonchev–Trinajstić information content (AvgIpc) is 2.25. The molecule has 1 nitrogen and oxygen atoms in total. The Hall–Kier alpha value is -1.08. The molecule has 0 atom stereocenters. The van der Waals surface area contributed by atoms with Gasteiger partial charge in [-0.3, -0.25) is 0 Å². The largest absolute Gasteiger partial charge is 0.392 e. The molecule has 0 saturated carbocycles. The molecule has 1 heteroatoms. The van der Waals surface area contributed by atoms with E-state index in [0.29, 0.717) is 0 Å². The summed E-state index contributed by atoms with van der Waals surface area (Å²) in [6.45, 7) is 10.5. The fourth-order valence-electron chi connectivity index (χ4n) is 1.50. The number of aliphatic hydroxyl groups is 1. The van der Waals surface area contributed by atoms with Gasteiger partial charge in [-0.15, -0.1) is 0 Å². The van der Waals surface area contributed by atoms with Crippen molar-refractivity contribution in [3.63, 3.8) is 0 Å². The minimum absolute atomic E-state index is 0.0938. The lowest BCUT2D eigenvalue weighted by Crippen LogP contribution is -1.81. The summed E-state index contributed by atoms with van der Waals surface area (Å²) in [6, 6.07) is 0. The molecule has 0 amide bonds. The van der Waals surface area contributed by atoms with Crippen LogP contribution in [-0.4, -0.2) is 11.7 Å². The fraction of sp³-hybridized carbons (Fsp3) is 0.500. The maximum absolute atomic E-state index is 8.63. The van der Waals surface area contributed by atoms with E-state index in [9.17, 15) is 0 Å². The van der Waals surface area contributed by atoms with Gasteiger partial charge < -0.3 is 5.11 Å². The fourth-order valence-corrected chi connectivity index (χ4v) is 1.50. The normalized spacial score (nSPS) is 11.9. The van der Waals surface area contributed by atoms with Gasteiger partial charge >= 0.3 is 0 Å². The summed E-state index contributed by atoms with van der Waals surface area (Å²) in [5.41, 5.74) is 3.91. The molecule has 17 heavy (non-hydrogen) atoms. The summed E-state index contributed by atoms with van der Waals surface area (Å²) >= 11 is 0. The minimum atomic E-state index is 0.0938. The van der Waals surface area contributed by atoms with Crippen LogP contribution in [0.15, 0.2) is 47.6 Å². The number of rotatable bonds is 8. The van der Waals surface area contributed by atoms with Crippen LogP contribution in [0, 0.1) is 0 Å². The standard InChI is InChI=1S/C16H26O/c1-14(2)8-5-9-15(3)10-6-11-16(4)12-7-13-17/h7-8,10,12,17H,4-6,9,11,13H2,1-3H3. The molecule has 0 aromatic rings. The Morgan fingerprint density at radius 3 is 2.29 bits per heavy atom. The summed E-state index contributed by atoms with van der Waals surface area (Å²) in [4.78, 5) is 0. The molecule has 0 saturated heterocycles. The van der Waals surface area contributed by atoms with E-state index in [1.54, 1.807) is 6.08 Å². The van der Waals surface area contributed by atoms with Gasteiger partial charge in [-0.05, 0) is 46.5 Å². The molecular formula is C16H26O. The van der Waals surface area contributed by atoms with Crippen LogP contribution in [0.25, 0.3) is 0 Å². The lowest BCUT2D eigenvalue weighted by molar-refractivity contribution is 0.342. The molecule has 0 aromatic carbocycles. The van der Waals surface area contributed by atoms with E-state index < -0.39 is 0 Å². The van der Waals surface area contributed by atoms with E-state index in [4.69, 9.17) is 5.11 Å². The Morgan fingerprint density at radius 2 is 1.71 bits per heavy atom. The van der Waals surface area contributed by atoms with Crippen LogP contribution < -0.4 is 0 Å². The monoisotopic (exact) mass is 234 g/mol. The first-order chi connectivity index (χ1) is 8.06. The molecule has 0 aliphatic rings. The van der Waals surface area contributed by atoms with Crippen molar-refractivity contribution in [1.29, 1.82) is 0 Å². The maximum atomic E-state index is 8.63. The molecule has 0 aliphatic carbocycles. The quantitative estimate of drug-likeness (QED) is 0.482. The Morgan fingerprint density at radius 1 is 1.06 bits per heavy atom. The van der Waals surface area contributed by atoms with Crippen LogP contribution in [0.5, 0.6) is 0 Å². The van der Waals surface area contributed by atoms with E-state index >= 15 is 0 Å². The number of aliphatic hydroxyl groups excluding tert-OH is 1. The van der Waals surface area contributed by atoms with Gasteiger partial charge in [-0.2, -0.15) is 0 Å². The molecule has 0 rings (SSSR count). The lowest BCUT2D eigenvalue weighted by atomic mass is 10.1. The van der Waals surface area contributed by atoms with Gasteiger partial charge in [0.15, 0.2) is 0 Å². The van der Waals surface area contributed by atoms with Crippen molar-refractivity contribution in [3.8, 4) is 0 Å².